The van der Waals surface area contributed by atoms with Gasteiger partial charge in [-0.2, -0.15) is 0 Å². The number of aryl methyl sites for hydroxylation is 1. The highest BCUT2D eigenvalue weighted by Crippen LogP contribution is 2.42. The van der Waals surface area contributed by atoms with Gasteiger partial charge in [0.25, 0.3) is 0 Å². The van der Waals surface area contributed by atoms with E-state index in [0.29, 0.717) is 12.2 Å². The van der Waals surface area contributed by atoms with E-state index >= 15 is 0 Å². The molecule has 0 aromatic heterocycles. The van der Waals surface area contributed by atoms with Crippen LogP contribution in [0.4, 0.5) is 0 Å². The number of hydrogen-bond acceptors (Lipinski definition) is 4. The van der Waals surface area contributed by atoms with Crippen molar-refractivity contribution in [2.75, 3.05) is 48.4 Å². The minimum atomic E-state index is -0.378. The standard InChI is InChI=1S/C19H30N2O2.ClH/c1-20(2)12-10-19(11-13-21(3)4)17-14-16(23-5)8-6-15(17)7-9-18(19)22;/h6,8,14H,7,9-13H2,1-5H3;1H. The Morgan fingerprint density at radius 3 is 2.12 bits per heavy atom. The van der Waals surface area contributed by atoms with E-state index < -0.39 is 0 Å². The Kier molecular flexibility index (Phi) is 7.71. The molecule has 0 bridgehead atoms. The number of benzene rings is 1. The topological polar surface area (TPSA) is 32.8 Å². The van der Waals surface area contributed by atoms with Crippen molar-refractivity contribution in [1.29, 1.82) is 0 Å². The number of rotatable bonds is 7. The number of methoxy groups -OCH3 is 1. The monoisotopic (exact) mass is 354 g/mol. The number of nitrogens with zero attached hydrogens (tertiary/aromatic N) is 2. The molecule has 0 saturated carbocycles. The maximum Gasteiger partial charge on any atom is 0.143 e. The van der Waals surface area contributed by atoms with Crippen molar-refractivity contribution >= 4 is 18.2 Å². The first-order chi connectivity index (χ1) is 10.9. The van der Waals surface area contributed by atoms with Crippen LogP contribution in [-0.2, 0) is 16.6 Å². The average Bonchev–Trinajstić information content (AvgIpc) is 2.52. The Bertz CT molecular complexity index is 546. The van der Waals surface area contributed by atoms with Gasteiger partial charge in [0.15, 0.2) is 0 Å². The molecule has 0 aliphatic heterocycles. The fourth-order valence-corrected chi connectivity index (χ4v) is 3.49. The number of ether oxygens (including phenoxy) is 1. The number of halogens is 1. The Morgan fingerprint density at radius 2 is 1.62 bits per heavy atom. The minimum Gasteiger partial charge on any atom is -0.497 e. The lowest BCUT2D eigenvalue weighted by molar-refractivity contribution is -0.126. The molecule has 0 amide bonds. The van der Waals surface area contributed by atoms with Crippen molar-refractivity contribution in [3.8, 4) is 5.75 Å². The van der Waals surface area contributed by atoms with E-state index in [2.05, 4.69) is 50.1 Å². The lowest BCUT2D eigenvalue weighted by atomic mass is 9.65. The van der Waals surface area contributed by atoms with E-state index in [1.54, 1.807) is 7.11 Å². The molecule has 136 valence electrons. The Labute approximate surface area is 152 Å². The molecule has 0 saturated heterocycles. The van der Waals surface area contributed by atoms with Gasteiger partial charge in [-0.3, -0.25) is 4.79 Å². The molecule has 0 fully saturated rings. The summed E-state index contributed by atoms with van der Waals surface area (Å²) in [7, 11) is 9.96. The van der Waals surface area contributed by atoms with Crippen molar-refractivity contribution in [3.63, 3.8) is 0 Å². The first kappa shape index (κ1) is 20.9. The summed E-state index contributed by atoms with van der Waals surface area (Å²) in [5, 5.41) is 0. The molecule has 0 spiro atoms. The van der Waals surface area contributed by atoms with Crippen LogP contribution in [0.15, 0.2) is 18.2 Å². The number of hydrogen-bond donors (Lipinski definition) is 0. The molecule has 24 heavy (non-hydrogen) atoms. The van der Waals surface area contributed by atoms with Gasteiger partial charge >= 0.3 is 0 Å². The van der Waals surface area contributed by atoms with E-state index in [1.807, 2.05) is 6.07 Å². The summed E-state index contributed by atoms with van der Waals surface area (Å²) >= 11 is 0. The van der Waals surface area contributed by atoms with Gasteiger partial charge in [0.1, 0.15) is 11.5 Å². The molecule has 0 radical (unpaired) electrons. The van der Waals surface area contributed by atoms with Crippen molar-refractivity contribution < 1.29 is 9.53 Å². The highest BCUT2D eigenvalue weighted by atomic mass is 35.5. The summed E-state index contributed by atoms with van der Waals surface area (Å²) in [6.07, 6.45) is 3.24. The molecule has 1 aliphatic rings. The van der Waals surface area contributed by atoms with E-state index in [0.717, 1.165) is 38.1 Å². The van der Waals surface area contributed by atoms with Crippen molar-refractivity contribution in [2.45, 2.75) is 31.1 Å². The van der Waals surface area contributed by atoms with Crippen LogP contribution in [-0.4, -0.2) is 64.0 Å². The molecule has 4 nitrogen and oxygen atoms in total. The first-order valence-corrected chi connectivity index (χ1v) is 8.39. The molecule has 0 unspecified atom stereocenters. The summed E-state index contributed by atoms with van der Waals surface area (Å²) in [6.45, 7) is 1.83. The van der Waals surface area contributed by atoms with Gasteiger partial charge in [-0.15, -0.1) is 12.4 Å². The Balaban J connectivity index is 0.00000288. The molecule has 1 aromatic carbocycles. The molecule has 2 rings (SSSR count). The quantitative estimate of drug-likeness (QED) is 0.753. The second-order valence-electron chi connectivity index (χ2n) is 7.13. The van der Waals surface area contributed by atoms with Crippen molar-refractivity contribution in [2.24, 2.45) is 0 Å². The third-order valence-electron chi connectivity index (χ3n) is 4.96. The number of ketones is 1. The minimum absolute atomic E-state index is 0. The number of carbonyl (C=O) groups excluding carboxylic acids is 1. The van der Waals surface area contributed by atoms with Crippen molar-refractivity contribution in [1.82, 2.24) is 9.80 Å². The predicted octanol–water partition coefficient (Wildman–Crippen LogP) is 2.77. The maximum absolute atomic E-state index is 13.0. The third kappa shape index (κ3) is 4.50. The van der Waals surface area contributed by atoms with Gasteiger partial charge < -0.3 is 14.5 Å². The van der Waals surface area contributed by atoms with Gasteiger partial charge in [-0.05, 0) is 83.8 Å². The third-order valence-corrected chi connectivity index (χ3v) is 4.96. The summed E-state index contributed by atoms with van der Waals surface area (Å²) in [6, 6.07) is 6.25. The molecule has 0 N–H and O–H groups in total. The second kappa shape index (κ2) is 8.84. The largest absolute Gasteiger partial charge is 0.497 e. The zero-order valence-electron chi connectivity index (χ0n) is 15.6. The summed E-state index contributed by atoms with van der Waals surface area (Å²) in [4.78, 5) is 17.4. The lowest BCUT2D eigenvalue weighted by Gasteiger charge is -2.39. The van der Waals surface area contributed by atoms with Crippen molar-refractivity contribution in [3.05, 3.63) is 29.3 Å². The molecular weight excluding hydrogens is 324 g/mol. The summed E-state index contributed by atoms with van der Waals surface area (Å²) in [5.74, 6) is 1.24. The fourth-order valence-electron chi connectivity index (χ4n) is 3.49. The van der Waals surface area contributed by atoms with Gasteiger partial charge in [-0.1, -0.05) is 6.07 Å². The van der Waals surface area contributed by atoms with E-state index in [1.165, 1.54) is 11.1 Å². The van der Waals surface area contributed by atoms with Gasteiger partial charge in [0, 0.05) is 6.42 Å². The zero-order chi connectivity index (χ0) is 17.0. The van der Waals surface area contributed by atoms with Crippen LogP contribution in [0.1, 0.15) is 30.4 Å². The van der Waals surface area contributed by atoms with E-state index in [4.69, 9.17) is 4.74 Å². The summed E-state index contributed by atoms with van der Waals surface area (Å²) in [5.41, 5.74) is 2.12. The molecule has 0 atom stereocenters. The van der Waals surface area contributed by atoms with Crippen LogP contribution in [0.25, 0.3) is 0 Å². The lowest BCUT2D eigenvalue weighted by Crippen LogP contribution is -2.44. The highest BCUT2D eigenvalue weighted by Gasteiger charge is 2.43. The predicted molar refractivity (Wildman–Crippen MR) is 102 cm³/mol. The van der Waals surface area contributed by atoms with Crippen LogP contribution in [0.5, 0.6) is 5.75 Å². The second-order valence-corrected chi connectivity index (χ2v) is 7.13. The maximum atomic E-state index is 13.0. The first-order valence-electron chi connectivity index (χ1n) is 8.39. The normalized spacial score (nSPS) is 16.0. The highest BCUT2D eigenvalue weighted by molar-refractivity contribution is 5.92. The Morgan fingerprint density at radius 1 is 1.04 bits per heavy atom. The van der Waals surface area contributed by atoms with Crippen LogP contribution < -0.4 is 4.74 Å². The SMILES string of the molecule is COc1ccc2c(c1)C(CCN(C)C)(CCN(C)C)C(=O)CC2.Cl. The number of carbonyl (C=O) groups is 1. The van der Waals surface area contributed by atoms with Gasteiger partial charge in [0.05, 0.1) is 12.5 Å². The van der Waals surface area contributed by atoms with Crippen LogP contribution >= 0.6 is 12.4 Å². The van der Waals surface area contributed by atoms with Gasteiger partial charge in [-0.25, -0.2) is 0 Å². The van der Waals surface area contributed by atoms with Crippen LogP contribution in [0, 0.1) is 0 Å². The zero-order valence-corrected chi connectivity index (χ0v) is 16.4. The molecule has 1 aromatic rings. The van der Waals surface area contributed by atoms with Gasteiger partial charge in [0.2, 0.25) is 0 Å². The van der Waals surface area contributed by atoms with Crippen LogP contribution in [0.3, 0.4) is 0 Å². The smallest absolute Gasteiger partial charge is 0.143 e. The Hall–Kier alpha value is -1.10. The molecule has 1 aliphatic carbocycles. The van der Waals surface area contributed by atoms with E-state index in [9.17, 15) is 4.79 Å². The number of Topliss-reactive ketones (excluding diaryl/α,β-unsaturated/α-hetero) is 1. The van der Waals surface area contributed by atoms with E-state index in [-0.39, 0.29) is 17.8 Å². The van der Waals surface area contributed by atoms with Crippen LogP contribution in [0.2, 0.25) is 0 Å². The average molecular weight is 355 g/mol. The summed E-state index contributed by atoms with van der Waals surface area (Å²) < 4.78 is 5.43. The molecule has 0 heterocycles. The molecular formula is C19H31ClN2O2. The fraction of sp³-hybridized carbons (Fsp3) is 0.632. The molecule has 5 heteroatoms. The number of fused-ring (bicyclic) bond motifs is 1.